The Morgan fingerprint density at radius 1 is 1.25 bits per heavy atom. The molecule has 0 radical (unpaired) electrons. The van der Waals surface area contributed by atoms with E-state index in [9.17, 15) is 9.59 Å². The van der Waals surface area contributed by atoms with Crippen LogP contribution in [0.15, 0.2) is 30.3 Å². The van der Waals surface area contributed by atoms with Gasteiger partial charge in [0.05, 0.1) is 12.5 Å². The van der Waals surface area contributed by atoms with Gasteiger partial charge in [-0.3, -0.25) is 9.59 Å². The van der Waals surface area contributed by atoms with Gasteiger partial charge in [-0.1, -0.05) is 30.3 Å². The number of hydrogen-bond donors (Lipinski definition) is 2. The number of unbranched alkanes of at least 4 members (excludes halogenated alkanes) is 2. The lowest BCUT2D eigenvalue weighted by Crippen LogP contribution is -2.29. The topological polar surface area (TPSA) is 66.4 Å². The van der Waals surface area contributed by atoms with Crippen LogP contribution in [0.5, 0.6) is 0 Å². The number of nitrogens with one attached hydrogen (secondary N) is 1. The van der Waals surface area contributed by atoms with E-state index in [-0.39, 0.29) is 12.3 Å². The van der Waals surface area contributed by atoms with E-state index < -0.39 is 12.0 Å². The summed E-state index contributed by atoms with van der Waals surface area (Å²) in [6, 6.07) is 8.63. The highest BCUT2D eigenvalue weighted by Gasteiger charge is 2.17. The summed E-state index contributed by atoms with van der Waals surface area (Å²) < 4.78 is 0. The van der Waals surface area contributed by atoms with E-state index in [4.69, 9.17) is 11.5 Å². The summed E-state index contributed by atoms with van der Waals surface area (Å²) >= 11 is 0. The van der Waals surface area contributed by atoms with Crippen LogP contribution < -0.4 is 5.32 Å². The molecule has 0 aliphatic heterocycles. The van der Waals surface area contributed by atoms with E-state index in [0.29, 0.717) is 19.3 Å². The summed E-state index contributed by atoms with van der Waals surface area (Å²) in [7, 11) is 0. The summed E-state index contributed by atoms with van der Waals surface area (Å²) in [6.45, 7) is 0. The number of benzene rings is 1. The van der Waals surface area contributed by atoms with Crippen molar-refractivity contribution in [2.24, 2.45) is 0 Å². The van der Waals surface area contributed by atoms with E-state index >= 15 is 0 Å². The molecule has 1 unspecified atom stereocenters. The summed E-state index contributed by atoms with van der Waals surface area (Å²) in [4.78, 5) is 22.7. The van der Waals surface area contributed by atoms with Crippen molar-refractivity contribution in [3.8, 4) is 12.3 Å². The third-order valence-corrected chi connectivity index (χ3v) is 2.89. The van der Waals surface area contributed by atoms with Crippen molar-refractivity contribution in [1.29, 1.82) is 0 Å². The first-order valence-corrected chi connectivity index (χ1v) is 6.63. The number of amides is 1. The van der Waals surface area contributed by atoms with Crippen molar-refractivity contribution >= 4 is 11.9 Å². The Labute approximate surface area is 119 Å². The molecule has 4 nitrogen and oxygen atoms in total. The number of carboxylic acids is 1. The maximum Gasteiger partial charge on any atom is 0.305 e. The van der Waals surface area contributed by atoms with Crippen LogP contribution in [0.1, 0.15) is 43.7 Å². The average Bonchev–Trinajstić information content (AvgIpc) is 2.43. The summed E-state index contributed by atoms with van der Waals surface area (Å²) in [6.07, 6.45) is 7.56. The van der Waals surface area contributed by atoms with E-state index in [1.165, 1.54) is 0 Å². The fourth-order valence-electron chi connectivity index (χ4n) is 1.89. The van der Waals surface area contributed by atoms with Crippen LogP contribution >= 0.6 is 0 Å². The largest absolute Gasteiger partial charge is 0.481 e. The minimum Gasteiger partial charge on any atom is -0.481 e. The van der Waals surface area contributed by atoms with Crippen molar-refractivity contribution in [3.63, 3.8) is 0 Å². The van der Waals surface area contributed by atoms with Crippen LogP contribution in [0, 0.1) is 12.3 Å². The first-order chi connectivity index (χ1) is 9.63. The van der Waals surface area contributed by atoms with Gasteiger partial charge in [0, 0.05) is 12.8 Å². The normalized spacial score (nSPS) is 11.3. The lowest BCUT2D eigenvalue weighted by Gasteiger charge is -2.17. The second-order valence-corrected chi connectivity index (χ2v) is 4.54. The molecule has 0 bridgehead atoms. The molecule has 0 spiro atoms. The van der Waals surface area contributed by atoms with E-state index in [1.54, 1.807) is 0 Å². The van der Waals surface area contributed by atoms with Gasteiger partial charge in [-0.05, 0) is 18.4 Å². The minimum absolute atomic E-state index is 0.125. The zero-order chi connectivity index (χ0) is 14.8. The molecular formula is C16H19NO3. The van der Waals surface area contributed by atoms with Gasteiger partial charge in [-0.25, -0.2) is 0 Å². The highest BCUT2D eigenvalue weighted by molar-refractivity contribution is 5.77. The standard InChI is InChI=1S/C16H19NO3/c1-2-3-4-8-11-15(18)17-14(12-16(19)20)13-9-6-5-7-10-13/h1,5-7,9-10,14H,3-4,8,11-12H2,(H,17,18)(H,19,20). The predicted octanol–water partition coefficient (Wildman–Crippen LogP) is 2.51. The van der Waals surface area contributed by atoms with Gasteiger partial charge in [-0.2, -0.15) is 0 Å². The van der Waals surface area contributed by atoms with Crippen LogP contribution in [-0.4, -0.2) is 17.0 Å². The van der Waals surface area contributed by atoms with Gasteiger partial charge < -0.3 is 10.4 Å². The molecule has 0 aliphatic rings. The molecule has 0 fully saturated rings. The minimum atomic E-state index is -0.938. The molecule has 1 atom stereocenters. The summed E-state index contributed by atoms with van der Waals surface area (Å²) in [5, 5.41) is 11.7. The Morgan fingerprint density at radius 2 is 1.95 bits per heavy atom. The summed E-state index contributed by atoms with van der Waals surface area (Å²) in [5.41, 5.74) is 0.798. The van der Waals surface area contributed by atoms with Crippen molar-refractivity contribution in [1.82, 2.24) is 5.32 Å². The predicted molar refractivity (Wildman–Crippen MR) is 76.9 cm³/mol. The molecule has 2 N–H and O–H groups in total. The molecule has 0 aromatic heterocycles. The van der Waals surface area contributed by atoms with Crippen molar-refractivity contribution in [3.05, 3.63) is 35.9 Å². The molecule has 0 saturated carbocycles. The molecule has 1 rings (SSSR count). The first kappa shape index (κ1) is 15.8. The van der Waals surface area contributed by atoms with Gasteiger partial charge in [-0.15, -0.1) is 12.3 Å². The molecular weight excluding hydrogens is 254 g/mol. The SMILES string of the molecule is C#CCCCCC(=O)NC(CC(=O)O)c1ccccc1. The number of carboxylic acid groups (broad SMARTS) is 1. The van der Waals surface area contributed by atoms with Gasteiger partial charge >= 0.3 is 5.97 Å². The van der Waals surface area contributed by atoms with Gasteiger partial charge in [0.15, 0.2) is 0 Å². The van der Waals surface area contributed by atoms with E-state index in [1.807, 2.05) is 30.3 Å². The zero-order valence-electron chi connectivity index (χ0n) is 11.3. The second kappa shape index (κ2) is 8.76. The lowest BCUT2D eigenvalue weighted by atomic mass is 10.0. The maximum atomic E-state index is 11.8. The van der Waals surface area contributed by atoms with Crippen LogP contribution in [0.4, 0.5) is 0 Å². The van der Waals surface area contributed by atoms with Crippen LogP contribution in [-0.2, 0) is 9.59 Å². The molecule has 106 valence electrons. The fourth-order valence-corrected chi connectivity index (χ4v) is 1.89. The van der Waals surface area contributed by atoms with Gasteiger partial charge in [0.2, 0.25) is 5.91 Å². The Hall–Kier alpha value is -2.28. The molecule has 0 saturated heterocycles. The number of carbonyl (C=O) groups excluding carboxylic acids is 1. The number of rotatable bonds is 8. The molecule has 1 aromatic rings. The Bertz CT molecular complexity index is 476. The van der Waals surface area contributed by atoms with Gasteiger partial charge in [0.1, 0.15) is 0 Å². The molecule has 0 heterocycles. The number of carbonyl (C=O) groups is 2. The van der Waals surface area contributed by atoms with Crippen molar-refractivity contribution < 1.29 is 14.7 Å². The monoisotopic (exact) mass is 273 g/mol. The second-order valence-electron chi connectivity index (χ2n) is 4.54. The van der Waals surface area contributed by atoms with Crippen LogP contribution in [0.25, 0.3) is 0 Å². The quantitative estimate of drug-likeness (QED) is 0.565. The first-order valence-electron chi connectivity index (χ1n) is 6.63. The van der Waals surface area contributed by atoms with Crippen molar-refractivity contribution in [2.45, 2.75) is 38.1 Å². The third-order valence-electron chi connectivity index (χ3n) is 2.89. The van der Waals surface area contributed by atoms with Crippen LogP contribution in [0.3, 0.4) is 0 Å². The number of hydrogen-bond acceptors (Lipinski definition) is 2. The van der Waals surface area contributed by atoms with E-state index in [0.717, 1.165) is 12.0 Å². The highest BCUT2D eigenvalue weighted by Crippen LogP contribution is 2.17. The Morgan fingerprint density at radius 3 is 2.55 bits per heavy atom. The Kier molecular flexibility index (Phi) is 6.91. The molecule has 0 aliphatic carbocycles. The smallest absolute Gasteiger partial charge is 0.305 e. The van der Waals surface area contributed by atoms with Crippen LogP contribution in [0.2, 0.25) is 0 Å². The molecule has 1 amide bonds. The molecule has 20 heavy (non-hydrogen) atoms. The van der Waals surface area contributed by atoms with E-state index in [2.05, 4.69) is 11.2 Å². The highest BCUT2D eigenvalue weighted by atomic mass is 16.4. The maximum absolute atomic E-state index is 11.8. The third kappa shape index (κ3) is 6.05. The Balaban J connectivity index is 2.55. The lowest BCUT2D eigenvalue weighted by molar-refractivity contribution is -0.137. The number of terminal acetylenes is 1. The average molecular weight is 273 g/mol. The number of aliphatic carboxylic acids is 1. The molecule has 1 aromatic carbocycles. The van der Waals surface area contributed by atoms with Gasteiger partial charge in [0.25, 0.3) is 0 Å². The molecule has 4 heteroatoms. The zero-order valence-corrected chi connectivity index (χ0v) is 11.3. The summed E-state index contributed by atoms with van der Waals surface area (Å²) in [5.74, 6) is 1.44. The van der Waals surface area contributed by atoms with Crippen molar-refractivity contribution in [2.75, 3.05) is 0 Å². The fraction of sp³-hybridized carbons (Fsp3) is 0.375.